The van der Waals surface area contributed by atoms with Crippen molar-refractivity contribution in [2.75, 3.05) is 0 Å². The van der Waals surface area contributed by atoms with Crippen LogP contribution in [0.4, 0.5) is 0 Å². The Hall–Kier alpha value is -1.11. The second kappa shape index (κ2) is 6.39. The Morgan fingerprint density at radius 3 is 2.40 bits per heavy atom. The van der Waals surface area contributed by atoms with Gasteiger partial charge in [0.1, 0.15) is 5.78 Å². The number of rotatable bonds is 6. The van der Waals surface area contributed by atoms with E-state index in [0.29, 0.717) is 18.1 Å². The van der Waals surface area contributed by atoms with Crippen molar-refractivity contribution in [3.05, 3.63) is 35.9 Å². The van der Waals surface area contributed by atoms with Crippen LogP contribution in [-0.4, -0.2) is 5.78 Å². The molecule has 0 spiro atoms. The lowest BCUT2D eigenvalue weighted by Crippen LogP contribution is -2.06. The van der Waals surface area contributed by atoms with Gasteiger partial charge in [-0.25, -0.2) is 0 Å². The highest BCUT2D eigenvalue weighted by atomic mass is 16.1. The number of ketones is 1. The second-order valence-electron chi connectivity index (χ2n) is 4.01. The van der Waals surface area contributed by atoms with E-state index in [1.165, 1.54) is 5.56 Å². The minimum Gasteiger partial charge on any atom is -0.300 e. The Bertz CT molecular complexity index is 289. The fourth-order valence-corrected chi connectivity index (χ4v) is 1.88. The van der Waals surface area contributed by atoms with Crippen LogP contribution in [0.25, 0.3) is 0 Å². The molecule has 1 aromatic rings. The summed E-state index contributed by atoms with van der Waals surface area (Å²) in [5.74, 6) is 0.804. The lowest BCUT2D eigenvalue weighted by atomic mass is 9.90. The van der Waals surface area contributed by atoms with E-state index in [0.717, 1.165) is 19.3 Å². The Balaban J connectivity index is 2.61. The first kappa shape index (κ1) is 12.0. The molecule has 1 heteroatoms. The smallest absolute Gasteiger partial charge is 0.133 e. The largest absolute Gasteiger partial charge is 0.300 e. The molecule has 0 fully saturated rings. The van der Waals surface area contributed by atoms with Crippen molar-refractivity contribution in [3.63, 3.8) is 0 Å². The van der Waals surface area contributed by atoms with E-state index >= 15 is 0 Å². The topological polar surface area (TPSA) is 17.1 Å². The van der Waals surface area contributed by atoms with Gasteiger partial charge >= 0.3 is 0 Å². The van der Waals surface area contributed by atoms with Crippen LogP contribution < -0.4 is 0 Å². The maximum Gasteiger partial charge on any atom is 0.133 e. The zero-order valence-corrected chi connectivity index (χ0v) is 9.70. The summed E-state index contributed by atoms with van der Waals surface area (Å²) in [5.41, 5.74) is 1.30. The standard InChI is InChI=1S/C14H20O/c1-3-8-14(15)11-12(4-2)13-9-6-5-7-10-13/h5-7,9-10,12H,3-4,8,11H2,1-2H3/t12-/m0/s1. The van der Waals surface area contributed by atoms with E-state index in [1.807, 2.05) is 18.2 Å². The fraction of sp³-hybridized carbons (Fsp3) is 0.500. The van der Waals surface area contributed by atoms with Crippen LogP contribution in [0.1, 0.15) is 51.0 Å². The summed E-state index contributed by atoms with van der Waals surface area (Å²) in [6.07, 6.45) is 3.43. The van der Waals surface area contributed by atoms with E-state index in [-0.39, 0.29) is 0 Å². The summed E-state index contributed by atoms with van der Waals surface area (Å²) in [6.45, 7) is 4.21. The van der Waals surface area contributed by atoms with Crippen LogP contribution >= 0.6 is 0 Å². The number of hydrogen-bond acceptors (Lipinski definition) is 1. The predicted molar refractivity (Wildman–Crippen MR) is 64.0 cm³/mol. The maximum absolute atomic E-state index is 11.6. The van der Waals surface area contributed by atoms with E-state index in [9.17, 15) is 4.79 Å². The van der Waals surface area contributed by atoms with Crippen molar-refractivity contribution in [1.82, 2.24) is 0 Å². The molecule has 1 atom stereocenters. The van der Waals surface area contributed by atoms with Crippen LogP contribution in [0.3, 0.4) is 0 Å². The summed E-state index contributed by atoms with van der Waals surface area (Å²) >= 11 is 0. The Kier molecular flexibility index (Phi) is 5.09. The van der Waals surface area contributed by atoms with Gasteiger partial charge in [0.15, 0.2) is 0 Å². The highest BCUT2D eigenvalue weighted by Gasteiger charge is 2.12. The lowest BCUT2D eigenvalue weighted by molar-refractivity contribution is -0.119. The Labute approximate surface area is 92.5 Å². The first-order valence-corrected chi connectivity index (χ1v) is 5.84. The van der Waals surface area contributed by atoms with Gasteiger partial charge in [0.2, 0.25) is 0 Å². The van der Waals surface area contributed by atoms with Gasteiger partial charge in [-0.05, 0) is 24.3 Å². The van der Waals surface area contributed by atoms with E-state index in [1.54, 1.807) is 0 Å². The minimum absolute atomic E-state index is 0.396. The van der Waals surface area contributed by atoms with Crippen molar-refractivity contribution in [2.45, 2.75) is 45.4 Å². The van der Waals surface area contributed by atoms with Crippen molar-refractivity contribution in [3.8, 4) is 0 Å². The molecule has 0 unspecified atom stereocenters. The van der Waals surface area contributed by atoms with Crippen LogP contribution in [0, 0.1) is 0 Å². The molecule has 0 saturated carbocycles. The molecule has 1 nitrogen and oxygen atoms in total. The Morgan fingerprint density at radius 2 is 1.87 bits per heavy atom. The molecular weight excluding hydrogens is 184 g/mol. The van der Waals surface area contributed by atoms with Gasteiger partial charge in [0.05, 0.1) is 0 Å². The summed E-state index contributed by atoms with van der Waals surface area (Å²) in [7, 11) is 0. The van der Waals surface area contributed by atoms with Gasteiger partial charge < -0.3 is 0 Å². The fourth-order valence-electron chi connectivity index (χ4n) is 1.88. The van der Waals surface area contributed by atoms with Crippen molar-refractivity contribution in [1.29, 1.82) is 0 Å². The lowest BCUT2D eigenvalue weighted by Gasteiger charge is -2.14. The molecule has 0 aliphatic heterocycles. The van der Waals surface area contributed by atoms with Crippen LogP contribution in [-0.2, 0) is 4.79 Å². The molecule has 0 N–H and O–H groups in total. The third kappa shape index (κ3) is 3.86. The molecule has 1 aromatic carbocycles. The van der Waals surface area contributed by atoms with Crippen LogP contribution in [0.2, 0.25) is 0 Å². The monoisotopic (exact) mass is 204 g/mol. The number of benzene rings is 1. The molecule has 0 heterocycles. The first-order chi connectivity index (χ1) is 7.27. The van der Waals surface area contributed by atoms with E-state index in [2.05, 4.69) is 26.0 Å². The third-order valence-electron chi connectivity index (χ3n) is 2.77. The molecule has 1 rings (SSSR count). The molecule has 0 saturated heterocycles. The molecule has 82 valence electrons. The van der Waals surface area contributed by atoms with Gasteiger partial charge in [-0.3, -0.25) is 4.79 Å². The third-order valence-corrected chi connectivity index (χ3v) is 2.77. The SMILES string of the molecule is CCCC(=O)C[C@H](CC)c1ccccc1. The van der Waals surface area contributed by atoms with Crippen molar-refractivity contribution in [2.24, 2.45) is 0 Å². The molecule has 15 heavy (non-hydrogen) atoms. The number of Topliss-reactive ketones (excluding diaryl/α,β-unsaturated/α-hetero) is 1. The zero-order valence-electron chi connectivity index (χ0n) is 9.70. The molecule has 0 aromatic heterocycles. The summed E-state index contributed by atoms with van der Waals surface area (Å²) in [6, 6.07) is 10.3. The Morgan fingerprint density at radius 1 is 1.20 bits per heavy atom. The average molecular weight is 204 g/mol. The minimum atomic E-state index is 0.396. The van der Waals surface area contributed by atoms with Gasteiger partial charge in [0.25, 0.3) is 0 Å². The maximum atomic E-state index is 11.6. The number of carbonyl (C=O) groups excluding carboxylic acids is 1. The molecule has 0 aliphatic rings. The molecule has 0 bridgehead atoms. The first-order valence-electron chi connectivity index (χ1n) is 5.84. The highest BCUT2D eigenvalue weighted by molar-refractivity contribution is 5.79. The van der Waals surface area contributed by atoms with Crippen molar-refractivity contribution < 1.29 is 4.79 Å². The number of carbonyl (C=O) groups is 1. The van der Waals surface area contributed by atoms with Gasteiger partial charge in [-0.1, -0.05) is 44.2 Å². The van der Waals surface area contributed by atoms with Crippen LogP contribution in [0.15, 0.2) is 30.3 Å². The van der Waals surface area contributed by atoms with Gasteiger partial charge in [-0.2, -0.15) is 0 Å². The van der Waals surface area contributed by atoms with Crippen molar-refractivity contribution >= 4 is 5.78 Å². The van der Waals surface area contributed by atoms with Crippen LogP contribution in [0.5, 0.6) is 0 Å². The predicted octanol–water partition coefficient (Wildman–Crippen LogP) is 3.94. The summed E-state index contributed by atoms with van der Waals surface area (Å²) in [5, 5.41) is 0. The summed E-state index contributed by atoms with van der Waals surface area (Å²) < 4.78 is 0. The molecule has 0 aliphatic carbocycles. The normalized spacial score (nSPS) is 12.4. The van der Waals surface area contributed by atoms with Gasteiger partial charge in [-0.15, -0.1) is 0 Å². The molecule has 0 radical (unpaired) electrons. The quantitative estimate of drug-likeness (QED) is 0.686. The van der Waals surface area contributed by atoms with Gasteiger partial charge in [0, 0.05) is 12.8 Å². The second-order valence-corrected chi connectivity index (χ2v) is 4.01. The van der Waals surface area contributed by atoms with E-state index in [4.69, 9.17) is 0 Å². The highest BCUT2D eigenvalue weighted by Crippen LogP contribution is 2.23. The summed E-state index contributed by atoms with van der Waals surface area (Å²) in [4.78, 5) is 11.6. The zero-order chi connectivity index (χ0) is 11.1. The van der Waals surface area contributed by atoms with E-state index < -0.39 is 0 Å². The molecular formula is C14H20O. The molecule has 0 amide bonds. The average Bonchev–Trinajstić information content (AvgIpc) is 2.27. The number of hydrogen-bond donors (Lipinski definition) is 0.